The van der Waals surface area contributed by atoms with Crippen molar-refractivity contribution in [3.8, 4) is 5.75 Å². The Hall–Kier alpha value is -1.80. The molecule has 152 valence electrons. The standard InChI is InChI=1S/C19H32N4O3S/c1-15-5-6-16(13-18(15)26-3)7-10-21-19(20-2)22-14-17-8-11-23(12-9-17)27(4,24)25/h5-6,13,17H,7-12,14H2,1-4H3,(H2,20,21,22). The highest BCUT2D eigenvalue weighted by molar-refractivity contribution is 7.88. The summed E-state index contributed by atoms with van der Waals surface area (Å²) in [6.07, 6.45) is 3.91. The predicted octanol–water partition coefficient (Wildman–Crippen LogP) is 1.38. The van der Waals surface area contributed by atoms with Crippen LogP contribution >= 0.6 is 0 Å². The first kappa shape index (κ1) is 21.5. The summed E-state index contributed by atoms with van der Waals surface area (Å²) in [4.78, 5) is 4.27. The van der Waals surface area contributed by atoms with Crippen LogP contribution in [0, 0.1) is 12.8 Å². The van der Waals surface area contributed by atoms with Crippen LogP contribution < -0.4 is 15.4 Å². The summed E-state index contributed by atoms with van der Waals surface area (Å²) in [7, 11) is 0.388. The number of nitrogens with zero attached hydrogens (tertiary/aromatic N) is 2. The third-order valence-electron chi connectivity index (χ3n) is 5.00. The highest BCUT2D eigenvalue weighted by Gasteiger charge is 2.24. The van der Waals surface area contributed by atoms with Crippen molar-refractivity contribution < 1.29 is 13.2 Å². The first-order valence-electron chi connectivity index (χ1n) is 9.36. The molecule has 0 amide bonds. The molecule has 0 aromatic heterocycles. The molecule has 1 heterocycles. The maximum Gasteiger partial charge on any atom is 0.211 e. The molecule has 0 bridgehead atoms. The Bertz CT molecular complexity index is 741. The van der Waals surface area contributed by atoms with E-state index in [0.717, 1.165) is 49.6 Å². The molecular weight excluding hydrogens is 364 g/mol. The number of benzene rings is 1. The van der Waals surface area contributed by atoms with Gasteiger partial charge in [-0.15, -0.1) is 0 Å². The number of methoxy groups -OCH3 is 1. The number of aryl methyl sites for hydroxylation is 1. The number of aliphatic imine (C=N–C) groups is 1. The monoisotopic (exact) mass is 396 g/mol. The highest BCUT2D eigenvalue weighted by atomic mass is 32.2. The van der Waals surface area contributed by atoms with Crippen molar-refractivity contribution in [1.29, 1.82) is 0 Å². The Kier molecular flexibility index (Phi) is 7.91. The lowest BCUT2D eigenvalue weighted by molar-refractivity contribution is 0.275. The summed E-state index contributed by atoms with van der Waals surface area (Å²) in [6, 6.07) is 6.26. The van der Waals surface area contributed by atoms with Gasteiger partial charge in [-0.1, -0.05) is 12.1 Å². The lowest BCUT2D eigenvalue weighted by Crippen LogP contribution is -2.44. The van der Waals surface area contributed by atoms with Crippen LogP contribution in [0.1, 0.15) is 24.0 Å². The van der Waals surface area contributed by atoms with E-state index in [-0.39, 0.29) is 0 Å². The molecule has 1 aliphatic rings. The van der Waals surface area contributed by atoms with Crippen LogP contribution in [-0.4, -0.2) is 65.3 Å². The molecule has 0 atom stereocenters. The van der Waals surface area contributed by atoms with E-state index in [9.17, 15) is 8.42 Å². The van der Waals surface area contributed by atoms with Crippen molar-refractivity contribution in [3.63, 3.8) is 0 Å². The number of hydrogen-bond acceptors (Lipinski definition) is 4. The molecule has 1 saturated heterocycles. The van der Waals surface area contributed by atoms with Crippen LogP contribution in [0.3, 0.4) is 0 Å². The van der Waals surface area contributed by atoms with E-state index in [2.05, 4.69) is 33.8 Å². The summed E-state index contributed by atoms with van der Waals surface area (Å²) in [5, 5.41) is 6.69. The van der Waals surface area contributed by atoms with Crippen molar-refractivity contribution in [2.75, 3.05) is 46.6 Å². The minimum atomic E-state index is -3.06. The van der Waals surface area contributed by atoms with Gasteiger partial charge < -0.3 is 15.4 Å². The highest BCUT2D eigenvalue weighted by Crippen LogP contribution is 2.19. The number of sulfonamides is 1. The fraction of sp³-hybridized carbons (Fsp3) is 0.632. The van der Waals surface area contributed by atoms with Gasteiger partial charge >= 0.3 is 0 Å². The number of ether oxygens (including phenoxy) is 1. The quantitative estimate of drug-likeness (QED) is 0.537. The average molecular weight is 397 g/mol. The van der Waals surface area contributed by atoms with Gasteiger partial charge in [0.05, 0.1) is 13.4 Å². The molecule has 1 aromatic rings. The van der Waals surface area contributed by atoms with Gasteiger partial charge in [-0.3, -0.25) is 4.99 Å². The summed E-state index contributed by atoms with van der Waals surface area (Å²) in [5.74, 6) is 2.15. The van der Waals surface area contributed by atoms with Crippen molar-refractivity contribution >= 4 is 16.0 Å². The van der Waals surface area contributed by atoms with Crippen molar-refractivity contribution in [3.05, 3.63) is 29.3 Å². The Morgan fingerprint density at radius 2 is 2.00 bits per heavy atom. The zero-order valence-corrected chi connectivity index (χ0v) is 17.6. The molecule has 0 aliphatic carbocycles. The number of hydrogen-bond donors (Lipinski definition) is 2. The van der Waals surface area contributed by atoms with Gasteiger partial charge in [0.25, 0.3) is 0 Å². The maximum absolute atomic E-state index is 11.6. The van der Waals surface area contributed by atoms with Gasteiger partial charge in [-0.25, -0.2) is 12.7 Å². The zero-order chi connectivity index (χ0) is 19.9. The van der Waals surface area contributed by atoms with Gasteiger partial charge in [-0.2, -0.15) is 0 Å². The number of nitrogens with one attached hydrogen (secondary N) is 2. The lowest BCUT2D eigenvalue weighted by atomic mass is 9.98. The zero-order valence-electron chi connectivity index (χ0n) is 16.8. The van der Waals surface area contributed by atoms with Crippen LogP contribution in [0.2, 0.25) is 0 Å². The molecule has 0 unspecified atom stereocenters. The maximum atomic E-state index is 11.6. The Morgan fingerprint density at radius 1 is 1.30 bits per heavy atom. The second-order valence-corrected chi connectivity index (χ2v) is 9.02. The number of guanidine groups is 1. The summed E-state index contributed by atoms with van der Waals surface area (Å²) >= 11 is 0. The number of rotatable bonds is 7. The molecule has 27 heavy (non-hydrogen) atoms. The van der Waals surface area contributed by atoms with Crippen molar-refractivity contribution in [2.45, 2.75) is 26.2 Å². The Morgan fingerprint density at radius 3 is 2.59 bits per heavy atom. The Balaban J connectivity index is 1.72. The predicted molar refractivity (Wildman–Crippen MR) is 110 cm³/mol. The third-order valence-corrected chi connectivity index (χ3v) is 6.31. The molecule has 1 fully saturated rings. The van der Waals surface area contributed by atoms with E-state index in [4.69, 9.17) is 4.74 Å². The summed E-state index contributed by atoms with van der Waals surface area (Å²) in [6.45, 7) is 4.82. The van der Waals surface area contributed by atoms with E-state index in [0.29, 0.717) is 19.0 Å². The van der Waals surface area contributed by atoms with Gasteiger partial charge in [-0.05, 0) is 49.3 Å². The lowest BCUT2D eigenvalue weighted by Gasteiger charge is -2.30. The smallest absolute Gasteiger partial charge is 0.211 e. The first-order chi connectivity index (χ1) is 12.8. The van der Waals surface area contributed by atoms with Crippen LogP contribution in [0.5, 0.6) is 5.75 Å². The van der Waals surface area contributed by atoms with E-state index >= 15 is 0 Å². The molecule has 2 rings (SSSR count). The van der Waals surface area contributed by atoms with Crippen LogP contribution in [0.15, 0.2) is 23.2 Å². The van der Waals surface area contributed by atoms with E-state index in [1.807, 2.05) is 6.92 Å². The molecule has 1 aromatic carbocycles. The third kappa shape index (κ3) is 6.70. The molecule has 1 aliphatic heterocycles. The van der Waals surface area contributed by atoms with Crippen molar-refractivity contribution in [1.82, 2.24) is 14.9 Å². The van der Waals surface area contributed by atoms with Crippen LogP contribution in [-0.2, 0) is 16.4 Å². The summed E-state index contributed by atoms with van der Waals surface area (Å²) in [5.41, 5.74) is 2.35. The van der Waals surface area contributed by atoms with Crippen LogP contribution in [0.4, 0.5) is 0 Å². The fourth-order valence-corrected chi connectivity index (χ4v) is 4.13. The number of piperidine rings is 1. The minimum Gasteiger partial charge on any atom is -0.496 e. The molecule has 8 heteroatoms. The molecule has 0 saturated carbocycles. The van der Waals surface area contributed by atoms with Crippen molar-refractivity contribution in [2.24, 2.45) is 10.9 Å². The van der Waals surface area contributed by atoms with E-state index in [1.54, 1.807) is 18.5 Å². The second kappa shape index (κ2) is 9.94. The summed E-state index contributed by atoms with van der Waals surface area (Å²) < 4.78 is 30.1. The average Bonchev–Trinajstić information content (AvgIpc) is 2.65. The van der Waals surface area contributed by atoms with Gasteiger partial charge in [0.2, 0.25) is 10.0 Å². The van der Waals surface area contributed by atoms with Crippen LogP contribution in [0.25, 0.3) is 0 Å². The molecule has 7 nitrogen and oxygen atoms in total. The van der Waals surface area contributed by atoms with Gasteiger partial charge in [0.15, 0.2) is 5.96 Å². The second-order valence-electron chi connectivity index (χ2n) is 7.04. The van der Waals surface area contributed by atoms with Gasteiger partial charge in [0, 0.05) is 33.2 Å². The molecule has 0 spiro atoms. The van der Waals surface area contributed by atoms with E-state index < -0.39 is 10.0 Å². The van der Waals surface area contributed by atoms with E-state index in [1.165, 1.54) is 11.8 Å². The normalized spacial score (nSPS) is 17.0. The first-order valence-corrected chi connectivity index (χ1v) is 11.2. The molecular formula is C19H32N4O3S. The molecule has 0 radical (unpaired) electrons. The SMILES string of the molecule is CN=C(NCCc1ccc(C)c(OC)c1)NCC1CCN(S(C)(=O)=O)CC1. The minimum absolute atomic E-state index is 0.461. The Labute approximate surface area is 163 Å². The van der Waals surface area contributed by atoms with Gasteiger partial charge in [0.1, 0.15) is 5.75 Å². The topological polar surface area (TPSA) is 83.0 Å². The molecule has 2 N–H and O–H groups in total. The fourth-order valence-electron chi connectivity index (χ4n) is 3.25. The largest absolute Gasteiger partial charge is 0.496 e.